The molecule has 0 spiro atoms. The van der Waals surface area contributed by atoms with Gasteiger partial charge in [0.1, 0.15) is 11.7 Å². The monoisotopic (exact) mass is 460 g/mol. The van der Waals surface area contributed by atoms with Crippen LogP contribution in [0.2, 0.25) is 0 Å². The molecular formula is C23H27F3N6O. The first-order valence-corrected chi connectivity index (χ1v) is 10.5. The summed E-state index contributed by atoms with van der Waals surface area (Å²) in [6.45, 7) is 0.294. The maximum atomic E-state index is 13.5. The Balaban J connectivity index is 1.67. The van der Waals surface area contributed by atoms with Crippen LogP contribution < -0.4 is 27.8 Å². The lowest BCUT2D eigenvalue weighted by atomic mass is 9.79. The minimum atomic E-state index is -0.905. The van der Waals surface area contributed by atoms with Gasteiger partial charge in [0.15, 0.2) is 11.6 Å². The molecule has 1 aliphatic rings. The van der Waals surface area contributed by atoms with E-state index >= 15 is 0 Å². The van der Waals surface area contributed by atoms with Crippen molar-refractivity contribution in [2.45, 2.75) is 37.3 Å². The van der Waals surface area contributed by atoms with E-state index in [1.54, 1.807) is 0 Å². The van der Waals surface area contributed by atoms with Crippen molar-refractivity contribution in [1.82, 2.24) is 5.32 Å². The largest absolute Gasteiger partial charge is 0.383 e. The van der Waals surface area contributed by atoms with Gasteiger partial charge >= 0.3 is 0 Å². The van der Waals surface area contributed by atoms with Crippen LogP contribution in [0, 0.1) is 17.5 Å². The molecule has 7 nitrogen and oxygen atoms in total. The fraction of sp³-hybridized carbons (Fsp3) is 0.304. The van der Waals surface area contributed by atoms with Gasteiger partial charge in [-0.1, -0.05) is 0 Å². The molecule has 2 aromatic rings. The predicted octanol–water partition coefficient (Wildman–Crippen LogP) is 2.80. The van der Waals surface area contributed by atoms with Gasteiger partial charge in [-0.3, -0.25) is 4.79 Å². The summed E-state index contributed by atoms with van der Waals surface area (Å²) in [7, 11) is 0. The van der Waals surface area contributed by atoms with Crippen molar-refractivity contribution < 1.29 is 18.0 Å². The summed E-state index contributed by atoms with van der Waals surface area (Å²) in [5.41, 5.74) is 17.8. The van der Waals surface area contributed by atoms with Crippen LogP contribution in [0.25, 0.3) is 0 Å². The number of nitrogens with zero attached hydrogens (tertiary/aromatic N) is 1. The Labute approximate surface area is 189 Å². The average molecular weight is 461 g/mol. The summed E-state index contributed by atoms with van der Waals surface area (Å²) in [5, 5.41) is 6.41. The lowest BCUT2D eigenvalue weighted by molar-refractivity contribution is -0.114. The number of aliphatic imine (C=N–C) groups is 1. The van der Waals surface area contributed by atoms with E-state index in [4.69, 9.17) is 17.2 Å². The molecule has 0 aliphatic heterocycles. The molecule has 0 saturated heterocycles. The van der Waals surface area contributed by atoms with Crippen LogP contribution >= 0.6 is 0 Å². The van der Waals surface area contributed by atoms with Gasteiger partial charge in [0.05, 0.1) is 11.3 Å². The summed E-state index contributed by atoms with van der Waals surface area (Å²) >= 11 is 0. The number of nitrogens with one attached hydrogen (secondary N) is 2. The molecular weight excluding hydrogens is 433 g/mol. The third-order valence-corrected chi connectivity index (χ3v) is 5.76. The lowest BCUT2D eigenvalue weighted by Crippen LogP contribution is -2.53. The topological polar surface area (TPSA) is 132 Å². The van der Waals surface area contributed by atoms with Crippen molar-refractivity contribution in [2.24, 2.45) is 22.2 Å². The van der Waals surface area contributed by atoms with E-state index in [1.807, 2.05) is 0 Å². The summed E-state index contributed by atoms with van der Waals surface area (Å²) in [5.74, 6) is -3.10. The SMILES string of the molecule is NCC1(N/C=C(/C(N)=O)C(N)=Nc2ccc(F)cc2)CCC(Nc2ccc(F)c(F)c2)CC1. The van der Waals surface area contributed by atoms with Gasteiger partial charge in [0.25, 0.3) is 5.91 Å². The molecule has 0 unspecified atom stereocenters. The lowest BCUT2D eigenvalue weighted by Gasteiger charge is -2.40. The molecule has 0 bridgehead atoms. The van der Waals surface area contributed by atoms with E-state index in [0.29, 0.717) is 43.6 Å². The average Bonchev–Trinajstić information content (AvgIpc) is 2.79. The zero-order valence-corrected chi connectivity index (χ0v) is 18.0. The standard InChI is InChI=1S/C23H27F3N6O/c24-14-1-3-15(4-2-14)32-21(28)18(22(29)33)12-30-23(13-27)9-7-16(8-10-23)31-17-5-6-19(25)20(26)11-17/h1-6,11-12,16,30-31H,7-10,13,27H2,(H2,28,32)(H2,29,33)/b18-12+. The van der Waals surface area contributed by atoms with Crippen LogP contribution in [-0.2, 0) is 4.79 Å². The van der Waals surface area contributed by atoms with Crippen LogP contribution in [0.15, 0.2) is 59.2 Å². The van der Waals surface area contributed by atoms with E-state index in [0.717, 1.165) is 12.1 Å². The van der Waals surface area contributed by atoms with Crippen LogP contribution in [0.1, 0.15) is 25.7 Å². The smallest absolute Gasteiger partial charge is 0.253 e. The molecule has 1 aliphatic carbocycles. The van der Waals surface area contributed by atoms with E-state index in [-0.39, 0.29) is 17.5 Å². The second-order valence-corrected chi connectivity index (χ2v) is 8.07. The van der Waals surface area contributed by atoms with Crippen LogP contribution in [0.5, 0.6) is 0 Å². The number of benzene rings is 2. The van der Waals surface area contributed by atoms with Crippen molar-refractivity contribution >= 4 is 23.1 Å². The Hall–Kier alpha value is -3.53. The highest BCUT2D eigenvalue weighted by Gasteiger charge is 2.33. The predicted molar refractivity (Wildman–Crippen MR) is 122 cm³/mol. The van der Waals surface area contributed by atoms with Crippen molar-refractivity contribution in [3.05, 3.63) is 71.7 Å². The molecule has 0 heterocycles. The molecule has 33 heavy (non-hydrogen) atoms. The maximum absolute atomic E-state index is 13.5. The van der Waals surface area contributed by atoms with E-state index in [9.17, 15) is 18.0 Å². The quantitative estimate of drug-likeness (QED) is 0.235. The fourth-order valence-electron chi connectivity index (χ4n) is 3.76. The van der Waals surface area contributed by atoms with Gasteiger partial charge in [-0.15, -0.1) is 0 Å². The molecule has 2 aromatic carbocycles. The second-order valence-electron chi connectivity index (χ2n) is 8.07. The summed E-state index contributed by atoms with van der Waals surface area (Å²) in [4.78, 5) is 16.1. The van der Waals surface area contributed by atoms with Crippen molar-refractivity contribution in [3.63, 3.8) is 0 Å². The van der Waals surface area contributed by atoms with Crippen molar-refractivity contribution in [2.75, 3.05) is 11.9 Å². The zero-order valence-electron chi connectivity index (χ0n) is 18.0. The number of hydrogen-bond acceptors (Lipinski definition) is 5. The Morgan fingerprint density at radius 2 is 1.73 bits per heavy atom. The first-order valence-electron chi connectivity index (χ1n) is 10.5. The van der Waals surface area contributed by atoms with Crippen molar-refractivity contribution in [3.8, 4) is 0 Å². The van der Waals surface area contributed by atoms with Gasteiger partial charge in [-0.25, -0.2) is 18.2 Å². The molecule has 0 atom stereocenters. The molecule has 176 valence electrons. The van der Waals surface area contributed by atoms with Gasteiger partial charge in [-0.2, -0.15) is 0 Å². The Morgan fingerprint density at radius 1 is 1.06 bits per heavy atom. The van der Waals surface area contributed by atoms with E-state index < -0.39 is 28.9 Å². The summed E-state index contributed by atoms with van der Waals surface area (Å²) < 4.78 is 39.7. The number of amidine groups is 1. The molecule has 8 N–H and O–H groups in total. The first-order chi connectivity index (χ1) is 15.7. The molecule has 0 aromatic heterocycles. The molecule has 1 fully saturated rings. The molecule has 3 rings (SSSR count). The number of amides is 1. The molecule has 1 saturated carbocycles. The molecule has 1 amide bonds. The second kappa shape index (κ2) is 10.4. The number of carbonyl (C=O) groups is 1. The van der Waals surface area contributed by atoms with Crippen molar-refractivity contribution in [1.29, 1.82) is 0 Å². The summed E-state index contributed by atoms with van der Waals surface area (Å²) in [6, 6.07) is 9.08. The number of halogens is 3. The van der Waals surface area contributed by atoms with E-state index in [2.05, 4.69) is 15.6 Å². The highest BCUT2D eigenvalue weighted by molar-refractivity contribution is 6.20. The molecule has 0 radical (unpaired) electrons. The Bertz CT molecular complexity index is 1050. The highest BCUT2D eigenvalue weighted by atomic mass is 19.2. The van der Waals surface area contributed by atoms with Crippen LogP contribution in [0.3, 0.4) is 0 Å². The van der Waals surface area contributed by atoms with Gasteiger partial charge in [0.2, 0.25) is 0 Å². The maximum Gasteiger partial charge on any atom is 0.253 e. The van der Waals surface area contributed by atoms with Gasteiger partial charge in [-0.05, 0) is 62.1 Å². The number of nitrogens with two attached hydrogens (primary N) is 3. The zero-order chi connectivity index (χ0) is 24.0. The van der Waals surface area contributed by atoms with Crippen LogP contribution in [-0.4, -0.2) is 29.9 Å². The normalized spacial score (nSPS) is 21.5. The molecule has 10 heteroatoms. The Morgan fingerprint density at radius 3 is 2.30 bits per heavy atom. The van der Waals surface area contributed by atoms with Gasteiger partial charge < -0.3 is 27.8 Å². The highest BCUT2D eigenvalue weighted by Crippen LogP contribution is 2.30. The van der Waals surface area contributed by atoms with Crippen LogP contribution in [0.4, 0.5) is 24.5 Å². The van der Waals surface area contributed by atoms with E-state index in [1.165, 1.54) is 36.5 Å². The number of primary amides is 1. The third kappa shape index (κ3) is 6.26. The minimum Gasteiger partial charge on any atom is -0.383 e. The number of hydrogen-bond donors (Lipinski definition) is 5. The number of rotatable bonds is 8. The van der Waals surface area contributed by atoms with Gasteiger partial charge in [0, 0.05) is 36.1 Å². The minimum absolute atomic E-state index is 0.0193. The Kier molecular flexibility index (Phi) is 7.59. The third-order valence-electron chi connectivity index (χ3n) is 5.76. The number of anilines is 1. The summed E-state index contributed by atoms with van der Waals surface area (Å²) in [6.07, 6.45) is 4.15. The fourth-order valence-corrected chi connectivity index (χ4v) is 3.76. The number of carbonyl (C=O) groups excluding carboxylic acids is 1. The first kappa shape index (κ1) is 24.1.